The summed E-state index contributed by atoms with van der Waals surface area (Å²) in [6.45, 7) is 0.574. The smallest absolute Gasteiger partial charge is 0.387 e. The molecule has 1 aromatic carbocycles. The predicted octanol–water partition coefficient (Wildman–Crippen LogP) is 4.16. The number of hydrogen-bond acceptors (Lipinski definition) is 3. The van der Waals surface area contributed by atoms with Crippen LogP contribution in [-0.2, 0) is 4.79 Å². The second kappa shape index (κ2) is 7.38. The number of anilines is 1. The maximum absolute atomic E-state index is 12.4. The molecule has 0 radical (unpaired) electrons. The molecule has 0 fully saturated rings. The van der Waals surface area contributed by atoms with Crippen LogP contribution >= 0.6 is 27.5 Å². The van der Waals surface area contributed by atoms with Crippen molar-refractivity contribution in [1.29, 1.82) is 0 Å². The molecule has 0 aromatic heterocycles. The highest BCUT2D eigenvalue weighted by atomic mass is 79.9. The maximum atomic E-state index is 12.4. The first-order chi connectivity index (χ1) is 9.58. The number of rotatable bonds is 6. The third-order valence-corrected chi connectivity index (χ3v) is 3.29. The molecule has 0 aliphatic carbocycles. The highest BCUT2D eigenvalue weighted by molar-refractivity contribution is 9.10. The Kier molecular flexibility index (Phi) is 6.37. The van der Waals surface area contributed by atoms with Crippen molar-refractivity contribution in [2.24, 2.45) is 5.73 Å². The molecule has 4 nitrogen and oxygen atoms in total. The number of carbonyl (C=O) groups excluding carboxylic acids is 1. The zero-order valence-electron chi connectivity index (χ0n) is 11.6. The van der Waals surface area contributed by atoms with Gasteiger partial charge in [-0.1, -0.05) is 11.6 Å². The van der Waals surface area contributed by atoms with Gasteiger partial charge in [-0.05, 0) is 48.3 Å². The van der Waals surface area contributed by atoms with Crippen molar-refractivity contribution in [1.82, 2.24) is 0 Å². The van der Waals surface area contributed by atoms with E-state index in [9.17, 15) is 13.6 Å². The molecule has 1 aromatic rings. The van der Waals surface area contributed by atoms with Crippen LogP contribution in [0.25, 0.3) is 0 Å². The average Bonchev–Trinajstić information content (AvgIpc) is 2.30. The first-order valence-electron chi connectivity index (χ1n) is 6.11. The Morgan fingerprint density at radius 2 is 2.14 bits per heavy atom. The summed E-state index contributed by atoms with van der Waals surface area (Å²) >= 11 is 8.92. The highest BCUT2D eigenvalue weighted by Gasteiger charge is 2.18. The van der Waals surface area contributed by atoms with Crippen LogP contribution in [0.1, 0.15) is 26.7 Å². The first kappa shape index (κ1) is 18.1. The number of benzene rings is 1. The van der Waals surface area contributed by atoms with E-state index in [0.717, 1.165) is 0 Å². The summed E-state index contributed by atoms with van der Waals surface area (Å²) in [7, 11) is 0. The number of hydrogen-bond donors (Lipinski definition) is 2. The minimum Gasteiger partial charge on any atom is -0.431 e. The number of amides is 1. The van der Waals surface area contributed by atoms with Gasteiger partial charge in [0.2, 0.25) is 5.91 Å². The fourth-order valence-electron chi connectivity index (χ4n) is 1.51. The quantitative estimate of drug-likeness (QED) is 0.773. The van der Waals surface area contributed by atoms with Crippen LogP contribution in [0.5, 0.6) is 5.75 Å². The Bertz CT molecular complexity index is 522. The van der Waals surface area contributed by atoms with E-state index in [2.05, 4.69) is 26.0 Å². The zero-order valence-corrected chi connectivity index (χ0v) is 13.9. The van der Waals surface area contributed by atoms with Crippen LogP contribution < -0.4 is 15.8 Å². The summed E-state index contributed by atoms with van der Waals surface area (Å²) < 4.78 is 29.5. The molecule has 0 aliphatic heterocycles. The molecule has 0 aliphatic rings. The predicted molar refractivity (Wildman–Crippen MR) is 81.9 cm³/mol. The Morgan fingerprint density at radius 3 is 2.67 bits per heavy atom. The molecule has 21 heavy (non-hydrogen) atoms. The van der Waals surface area contributed by atoms with E-state index in [1.807, 2.05) is 0 Å². The third-order valence-electron chi connectivity index (χ3n) is 2.49. The molecular formula is C13H16BrClF2N2O2. The minimum absolute atomic E-state index is 0.0782. The lowest BCUT2D eigenvalue weighted by molar-refractivity contribution is -0.116. The molecule has 118 valence electrons. The fourth-order valence-corrected chi connectivity index (χ4v) is 2.41. The third kappa shape index (κ3) is 6.58. The molecule has 0 saturated carbocycles. The minimum atomic E-state index is -3.01. The number of nitrogens with one attached hydrogen (secondary N) is 1. The standard InChI is InChI=1S/C13H16BrClF2N2O2/c1-13(2,18)4-3-10(20)19-9-6-7(15)5-8(14)11(9)21-12(16)17/h5-6,12H,3-4,18H2,1-2H3,(H,19,20). The van der Waals surface area contributed by atoms with E-state index in [-0.39, 0.29) is 33.3 Å². The van der Waals surface area contributed by atoms with Crippen molar-refractivity contribution < 1.29 is 18.3 Å². The van der Waals surface area contributed by atoms with Gasteiger partial charge in [-0.3, -0.25) is 4.79 Å². The van der Waals surface area contributed by atoms with Crippen molar-refractivity contribution >= 4 is 39.1 Å². The van der Waals surface area contributed by atoms with Crippen LogP contribution in [0, 0.1) is 0 Å². The molecule has 8 heteroatoms. The molecule has 0 heterocycles. The Hall–Kier alpha value is -0.920. The number of carbonyl (C=O) groups is 1. The van der Waals surface area contributed by atoms with Crippen LogP contribution in [0.3, 0.4) is 0 Å². The van der Waals surface area contributed by atoms with E-state index >= 15 is 0 Å². The molecule has 0 unspecified atom stereocenters. The molecule has 0 atom stereocenters. The van der Waals surface area contributed by atoms with Crippen LogP contribution in [0.2, 0.25) is 5.02 Å². The van der Waals surface area contributed by atoms with E-state index in [4.69, 9.17) is 17.3 Å². The average molecular weight is 386 g/mol. The largest absolute Gasteiger partial charge is 0.431 e. The number of ether oxygens (including phenoxy) is 1. The van der Waals surface area contributed by atoms with Gasteiger partial charge < -0.3 is 15.8 Å². The van der Waals surface area contributed by atoms with Gasteiger partial charge >= 0.3 is 6.61 Å². The van der Waals surface area contributed by atoms with Gasteiger partial charge in [-0.15, -0.1) is 0 Å². The van der Waals surface area contributed by atoms with Crippen molar-refractivity contribution in [3.63, 3.8) is 0 Å². The number of halogens is 4. The second-order valence-corrected chi connectivity index (χ2v) is 6.47. The van der Waals surface area contributed by atoms with Gasteiger partial charge in [0.1, 0.15) is 0 Å². The van der Waals surface area contributed by atoms with Crippen molar-refractivity contribution in [3.05, 3.63) is 21.6 Å². The van der Waals surface area contributed by atoms with Gasteiger partial charge in [0.25, 0.3) is 0 Å². The topological polar surface area (TPSA) is 64.4 Å². The summed E-state index contributed by atoms with van der Waals surface area (Å²) in [5.41, 5.74) is 5.38. The summed E-state index contributed by atoms with van der Waals surface area (Å²) in [6.07, 6.45) is 0.605. The summed E-state index contributed by atoms with van der Waals surface area (Å²) in [5, 5.41) is 2.78. The molecule has 0 spiro atoms. The monoisotopic (exact) mass is 384 g/mol. The van der Waals surface area contributed by atoms with E-state index in [1.54, 1.807) is 13.8 Å². The maximum Gasteiger partial charge on any atom is 0.387 e. The van der Waals surface area contributed by atoms with Gasteiger partial charge in [-0.2, -0.15) is 8.78 Å². The second-order valence-electron chi connectivity index (χ2n) is 5.18. The van der Waals surface area contributed by atoms with Crippen molar-refractivity contribution in [2.75, 3.05) is 5.32 Å². The Balaban J connectivity index is 2.88. The zero-order chi connectivity index (χ0) is 16.2. The fraction of sp³-hybridized carbons (Fsp3) is 0.462. The van der Waals surface area contributed by atoms with Gasteiger partial charge in [0, 0.05) is 17.0 Å². The molecule has 0 saturated heterocycles. The van der Waals surface area contributed by atoms with E-state index in [1.165, 1.54) is 12.1 Å². The Morgan fingerprint density at radius 1 is 1.52 bits per heavy atom. The lowest BCUT2D eigenvalue weighted by atomic mass is 10.00. The molecular weight excluding hydrogens is 370 g/mol. The van der Waals surface area contributed by atoms with Crippen LogP contribution in [0.15, 0.2) is 16.6 Å². The summed E-state index contributed by atoms with van der Waals surface area (Å²) in [6, 6.07) is 2.74. The van der Waals surface area contributed by atoms with Gasteiger partial charge in [0.15, 0.2) is 5.75 Å². The normalized spacial score (nSPS) is 11.6. The molecule has 1 amide bonds. The number of alkyl halides is 2. The van der Waals surface area contributed by atoms with Crippen molar-refractivity contribution in [3.8, 4) is 5.75 Å². The highest BCUT2D eigenvalue weighted by Crippen LogP contribution is 2.37. The first-order valence-corrected chi connectivity index (χ1v) is 7.28. The van der Waals surface area contributed by atoms with E-state index < -0.39 is 12.2 Å². The van der Waals surface area contributed by atoms with Crippen molar-refractivity contribution in [2.45, 2.75) is 38.8 Å². The lowest BCUT2D eigenvalue weighted by Crippen LogP contribution is -2.33. The Labute approximate surface area is 135 Å². The van der Waals surface area contributed by atoms with Crippen LogP contribution in [0.4, 0.5) is 14.5 Å². The summed E-state index contributed by atoms with van der Waals surface area (Å²) in [5.74, 6) is -0.531. The number of nitrogens with two attached hydrogens (primary N) is 1. The molecule has 3 N–H and O–H groups in total. The lowest BCUT2D eigenvalue weighted by Gasteiger charge is -2.18. The van der Waals surface area contributed by atoms with Gasteiger partial charge in [-0.25, -0.2) is 0 Å². The SMILES string of the molecule is CC(C)(N)CCC(=O)Nc1cc(Cl)cc(Br)c1OC(F)F. The summed E-state index contributed by atoms with van der Waals surface area (Å²) in [4.78, 5) is 11.9. The van der Waals surface area contributed by atoms with Crippen LogP contribution in [-0.4, -0.2) is 18.1 Å². The van der Waals surface area contributed by atoms with E-state index in [0.29, 0.717) is 6.42 Å². The molecule has 0 bridgehead atoms. The van der Waals surface area contributed by atoms with Gasteiger partial charge in [0.05, 0.1) is 10.2 Å². The molecule has 1 rings (SSSR count).